The smallest absolute Gasteiger partial charge is 0.247 e. The maximum Gasteiger partial charge on any atom is 0.247 e. The highest BCUT2D eigenvalue weighted by Gasteiger charge is 2.29. The van der Waals surface area contributed by atoms with E-state index in [9.17, 15) is 21.6 Å². The van der Waals surface area contributed by atoms with Crippen LogP contribution in [0.5, 0.6) is 0 Å². The van der Waals surface area contributed by atoms with E-state index >= 15 is 0 Å². The predicted molar refractivity (Wildman–Crippen MR) is 118 cm³/mol. The van der Waals surface area contributed by atoms with Crippen molar-refractivity contribution in [1.29, 1.82) is 0 Å². The van der Waals surface area contributed by atoms with Gasteiger partial charge in [0.1, 0.15) is 6.04 Å². The molecule has 0 saturated carbocycles. The second-order valence-corrected chi connectivity index (χ2v) is 10.9. The number of amides is 1. The lowest BCUT2D eigenvalue weighted by Gasteiger charge is -2.28. The van der Waals surface area contributed by atoms with Crippen LogP contribution in [0.2, 0.25) is 0 Å². The number of nitrogens with one attached hydrogen (secondary N) is 1. The maximum absolute atomic E-state index is 12.7. The zero-order chi connectivity index (χ0) is 22.6. The van der Waals surface area contributed by atoms with E-state index in [0.717, 1.165) is 10.6 Å². The van der Waals surface area contributed by atoms with Gasteiger partial charge >= 0.3 is 0 Å². The quantitative estimate of drug-likeness (QED) is 0.660. The molecular weight excluding hydrogens is 442 g/mol. The van der Waals surface area contributed by atoms with Crippen molar-refractivity contribution in [3.05, 3.63) is 54.6 Å². The van der Waals surface area contributed by atoms with Gasteiger partial charge in [0.25, 0.3) is 0 Å². The van der Waals surface area contributed by atoms with Crippen molar-refractivity contribution in [3.8, 4) is 0 Å². The minimum atomic E-state index is -3.72. The SMILES string of the molecule is C[C@H](C(=O)Nc1ccc(S(=O)(=O)N2CCOCC2)cc1)N(c1ccccc1)S(C)(=O)=O. The number of ether oxygens (including phenoxy) is 1. The number of anilines is 2. The van der Waals surface area contributed by atoms with Gasteiger partial charge in [0.2, 0.25) is 26.0 Å². The molecule has 1 aliphatic heterocycles. The summed E-state index contributed by atoms with van der Waals surface area (Å²) in [7, 11) is -7.35. The van der Waals surface area contributed by atoms with Crippen LogP contribution in [0, 0.1) is 0 Å². The number of benzene rings is 2. The van der Waals surface area contributed by atoms with Gasteiger partial charge in [-0.3, -0.25) is 9.10 Å². The van der Waals surface area contributed by atoms with Crippen LogP contribution in [-0.4, -0.2) is 65.6 Å². The number of sulfonamides is 2. The topological polar surface area (TPSA) is 113 Å². The zero-order valence-electron chi connectivity index (χ0n) is 17.3. The monoisotopic (exact) mass is 467 g/mol. The Balaban J connectivity index is 1.75. The number of hydrogen-bond donors (Lipinski definition) is 1. The molecule has 1 fully saturated rings. The lowest BCUT2D eigenvalue weighted by atomic mass is 10.2. The Kier molecular flexibility index (Phi) is 6.99. The number of carbonyl (C=O) groups is 1. The molecular formula is C20H25N3O6S2. The van der Waals surface area contributed by atoms with Crippen molar-refractivity contribution in [2.75, 3.05) is 42.2 Å². The van der Waals surface area contributed by atoms with Crippen LogP contribution in [0.3, 0.4) is 0 Å². The van der Waals surface area contributed by atoms with Crippen LogP contribution in [0.25, 0.3) is 0 Å². The van der Waals surface area contributed by atoms with E-state index in [1.807, 2.05) is 0 Å². The molecule has 2 aromatic rings. The molecule has 1 heterocycles. The van der Waals surface area contributed by atoms with Crippen LogP contribution in [0.15, 0.2) is 59.5 Å². The largest absolute Gasteiger partial charge is 0.379 e. The summed E-state index contributed by atoms with van der Waals surface area (Å²) in [6, 6.07) is 13.1. The lowest BCUT2D eigenvalue weighted by Crippen LogP contribution is -2.45. The molecule has 1 amide bonds. The highest BCUT2D eigenvalue weighted by molar-refractivity contribution is 7.92. The van der Waals surface area contributed by atoms with Gasteiger partial charge in [-0.25, -0.2) is 16.8 Å². The number of rotatable bonds is 7. The fourth-order valence-electron chi connectivity index (χ4n) is 3.28. The Labute approximate surface area is 182 Å². The van der Waals surface area contributed by atoms with E-state index in [-0.39, 0.29) is 4.90 Å². The van der Waals surface area contributed by atoms with Crippen LogP contribution < -0.4 is 9.62 Å². The van der Waals surface area contributed by atoms with Crippen molar-refractivity contribution in [2.24, 2.45) is 0 Å². The highest BCUT2D eigenvalue weighted by atomic mass is 32.2. The van der Waals surface area contributed by atoms with Crippen molar-refractivity contribution >= 4 is 37.3 Å². The summed E-state index contributed by atoms with van der Waals surface area (Å²) in [6.07, 6.45) is 1.04. The number of para-hydroxylation sites is 1. The fourth-order valence-corrected chi connectivity index (χ4v) is 5.86. The first-order valence-corrected chi connectivity index (χ1v) is 12.9. The van der Waals surface area contributed by atoms with Crippen LogP contribution in [0.1, 0.15) is 6.92 Å². The zero-order valence-corrected chi connectivity index (χ0v) is 18.9. The Morgan fingerprint density at radius 2 is 1.58 bits per heavy atom. The molecule has 1 saturated heterocycles. The first kappa shape index (κ1) is 23.2. The normalized spacial score (nSPS) is 16.5. The predicted octanol–water partition coefficient (Wildman–Crippen LogP) is 1.50. The van der Waals surface area contributed by atoms with Gasteiger partial charge in [-0.1, -0.05) is 18.2 Å². The Morgan fingerprint density at radius 1 is 1.00 bits per heavy atom. The van der Waals surface area contributed by atoms with Gasteiger partial charge in [-0.2, -0.15) is 4.31 Å². The van der Waals surface area contributed by atoms with Gasteiger partial charge in [-0.15, -0.1) is 0 Å². The molecule has 0 unspecified atom stereocenters. The summed E-state index contributed by atoms with van der Waals surface area (Å²) in [5.41, 5.74) is 0.735. The summed E-state index contributed by atoms with van der Waals surface area (Å²) >= 11 is 0. The first-order chi connectivity index (χ1) is 14.6. The average Bonchev–Trinajstić information content (AvgIpc) is 2.74. The molecule has 0 radical (unpaired) electrons. The number of morpholine rings is 1. The third-order valence-electron chi connectivity index (χ3n) is 4.83. The molecule has 0 spiro atoms. The fraction of sp³-hybridized carbons (Fsp3) is 0.350. The van der Waals surface area contributed by atoms with Gasteiger partial charge in [0, 0.05) is 18.8 Å². The number of hydrogen-bond acceptors (Lipinski definition) is 6. The minimum Gasteiger partial charge on any atom is -0.379 e. The summed E-state index contributed by atoms with van der Waals surface area (Å²) in [5.74, 6) is -0.543. The summed E-state index contributed by atoms with van der Waals surface area (Å²) in [4.78, 5) is 12.9. The molecule has 3 rings (SSSR count). The van der Waals surface area contributed by atoms with Crippen molar-refractivity contribution in [2.45, 2.75) is 17.9 Å². The highest BCUT2D eigenvalue weighted by Crippen LogP contribution is 2.22. The van der Waals surface area contributed by atoms with Crippen LogP contribution in [0.4, 0.5) is 11.4 Å². The Hall–Kier alpha value is -2.47. The third kappa shape index (κ3) is 5.42. The molecule has 168 valence electrons. The Bertz CT molecular complexity index is 1110. The molecule has 0 aromatic heterocycles. The van der Waals surface area contributed by atoms with E-state index in [1.165, 1.54) is 35.5 Å². The molecule has 9 nitrogen and oxygen atoms in total. The molecule has 2 aromatic carbocycles. The molecule has 11 heteroatoms. The summed E-state index contributed by atoms with van der Waals surface area (Å²) < 4.78 is 57.6. The van der Waals surface area contributed by atoms with Crippen molar-refractivity contribution < 1.29 is 26.4 Å². The number of carbonyl (C=O) groups excluding carboxylic acids is 1. The van der Waals surface area contributed by atoms with Crippen molar-refractivity contribution in [3.63, 3.8) is 0 Å². The molecule has 0 aliphatic carbocycles. The van der Waals surface area contributed by atoms with Crippen molar-refractivity contribution in [1.82, 2.24) is 4.31 Å². The van der Waals surface area contributed by atoms with Crippen LogP contribution >= 0.6 is 0 Å². The van der Waals surface area contributed by atoms with Gasteiger partial charge < -0.3 is 10.1 Å². The van der Waals surface area contributed by atoms with E-state index < -0.39 is 32.0 Å². The molecule has 1 aliphatic rings. The second-order valence-electron chi connectivity index (χ2n) is 7.10. The number of nitrogens with zero attached hydrogens (tertiary/aromatic N) is 2. The van der Waals surface area contributed by atoms with E-state index in [2.05, 4.69) is 5.32 Å². The van der Waals surface area contributed by atoms with E-state index in [0.29, 0.717) is 37.7 Å². The molecule has 0 bridgehead atoms. The maximum atomic E-state index is 12.7. The standard InChI is InChI=1S/C20H25N3O6S2/c1-16(23(30(2,25)26)18-6-4-3-5-7-18)20(24)21-17-8-10-19(11-9-17)31(27,28)22-12-14-29-15-13-22/h3-11,16H,12-15H2,1-2H3,(H,21,24)/t16-/m1/s1. The summed E-state index contributed by atoms with van der Waals surface area (Å²) in [6.45, 7) is 2.77. The summed E-state index contributed by atoms with van der Waals surface area (Å²) in [5, 5.41) is 2.65. The molecule has 1 N–H and O–H groups in total. The van der Waals surface area contributed by atoms with Crippen LogP contribution in [-0.2, 0) is 29.6 Å². The Morgan fingerprint density at radius 3 is 2.13 bits per heavy atom. The van der Waals surface area contributed by atoms with E-state index in [4.69, 9.17) is 4.74 Å². The van der Waals surface area contributed by atoms with Gasteiger partial charge in [-0.05, 0) is 43.3 Å². The first-order valence-electron chi connectivity index (χ1n) is 9.64. The lowest BCUT2D eigenvalue weighted by molar-refractivity contribution is -0.116. The van der Waals surface area contributed by atoms with E-state index in [1.54, 1.807) is 30.3 Å². The van der Waals surface area contributed by atoms with Gasteiger partial charge in [0.05, 0.1) is 30.1 Å². The minimum absolute atomic E-state index is 0.113. The average molecular weight is 468 g/mol. The molecule has 31 heavy (non-hydrogen) atoms. The molecule has 1 atom stereocenters. The second kappa shape index (κ2) is 9.35. The van der Waals surface area contributed by atoms with Gasteiger partial charge in [0.15, 0.2) is 0 Å². The third-order valence-corrected chi connectivity index (χ3v) is 7.98.